The fraction of sp³-hybridized carbons (Fsp3) is 0.148. The summed E-state index contributed by atoms with van der Waals surface area (Å²) in [4.78, 5) is 21.8. The molecule has 0 bridgehead atoms. The molecule has 35 heavy (non-hydrogen) atoms. The van der Waals surface area contributed by atoms with E-state index < -0.39 is 5.54 Å². The van der Waals surface area contributed by atoms with Crippen LogP contribution < -0.4 is 16.0 Å². The Morgan fingerprint density at radius 1 is 1.00 bits per heavy atom. The lowest BCUT2D eigenvalue weighted by Crippen LogP contribution is -2.41. The zero-order valence-corrected chi connectivity index (χ0v) is 20.3. The third-order valence-corrected chi connectivity index (χ3v) is 6.68. The lowest BCUT2D eigenvalue weighted by Gasteiger charge is -2.31. The summed E-state index contributed by atoms with van der Waals surface area (Å²) in [6.45, 7) is 0. The van der Waals surface area contributed by atoms with Crippen molar-refractivity contribution in [2.24, 2.45) is 19.8 Å². The maximum Gasteiger partial charge on any atom is 0.252 e. The number of aryl methyl sites for hydroxylation is 2. The first kappa shape index (κ1) is 22.8. The van der Waals surface area contributed by atoms with Gasteiger partial charge in [-0.15, -0.1) is 0 Å². The number of methoxy groups -OCH3 is 1. The van der Waals surface area contributed by atoms with Crippen LogP contribution in [0.15, 0.2) is 84.2 Å². The van der Waals surface area contributed by atoms with Crippen LogP contribution in [0.5, 0.6) is 5.75 Å². The molecule has 176 valence electrons. The molecule has 3 heterocycles. The average Bonchev–Trinajstić information content (AvgIpc) is 3.32. The smallest absolute Gasteiger partial charge is 0.252 e. The van der Waals surface area contributed by atoms with Crippen molar-refractivity contribution in [1.29, 1.82) is 0 Å². The van der Waals surface area contributed by atoms with Crippen LogP contribution in [0.2, 0.25) is 5.02 Å². The van der Waals surface area contributed by atoms with Gasteiger partial charge in [-0.1, -0.05) is 35.9 Å². The van der Waals surface area contributed by atoms with Gasteiger partial charge in [0, 0.05) is 42.3 Å². The maximum atomic E-state index is 12.8. The minimum atomic E-state index is -1.07. The molecule has 1 atom stereocenters. The molecular formula is C27H24ClN5O2. The number of nitrogens with zero attached hydrogens (tertiary/aromatic N) is 4. The van der Waals surface area contributed by atoms with E-state index in [1.54, 1.807) is 38.9 Å². The van der Waals surface area contributed by atoms with Crippen LogP contribution in [-0.4, -0.2) is 26.2 Å². The molecule has 3 aromatic heterocycles. The van der Waals surface area contributed by atoms with Gasteiger partial charge in [0.15, 0.2) is 0 Å². The molecule has 5 aromatic rings. The topological polar surface area (TPSA) is 88.0 Å². The summed E-state index contributed by atoms with van der Waals surface area (Å²) in [6.07, 6.45) is 5.19. The van der Waals surface area contributed by atoms with Crippen LogP contribution in [0, 0.1) is 0 Å². The molecular weight excluding hydrogens is 462 g/mol. The van der Waals surface area contributed by atoms with Crippen LogP contribution in [0.4, 0.5) is 0 Å². The lowest BCUT2D eigenvalue weighted by molar-refractivity contribution is 0.415. The predicted molar refractivity (Wildman–Crippen MR) is 138 cm³/mol. The number of pyridine rings is 2. The second-order valence-corrected chi connectivity index (χ2v) is 8.92. The Kier molecular flexibility index (Phi) is 5.67. The van der Waals surface area contributed by atoms with E-state index in [0.29, 0.717) is 16.4 Å². The Morgan fingerprint density at radius 2 is 1.77 bits per heavy atom. The predicted octanol–water partition coefficient (Wildman–Crippen LogP) is 4.25. The Balaban J connectivity index is 1.83. The number of benzene rings is 2. The van der Waals surface area contributed by atoms with Gasteiger partial charge in [-0.05, 0) is 47.0 Å². The Hall–Kier alpha value is -3.94. The second kappa shape index (κ2) is 8.69. The lowest BCUT2D eigenvalue weighted by atomic mass is 9.81. The molecule has 1 unspecified atom stereocenters. The van der Waals surface area contributed by atoms with E-state index in [9.17, 15) is 4.79 Å². The minimum absolute atomic E-state index is 0.154. The van der Waals surface area contributed by atoms with Gasteiger partial charge in [-0.3, -0.25) is 9.36 Å². The highest BCUT2D eigenvalue weighted by molar-refractivity contribution is 6.30. The van der Waals surface area contributed by atoms with E-state index in [0.717, 1.165) is 33.3 Å². The third-order valence-electron chi connectivity index (χ3n) is 6.43. The SMILES string of the molecule is COc1cccc(-c2cc(=O)n(C)c3ncc(C(N)(c4ccc(Cl)cc4)c4cncn4C)cc23)c1. The van der Waals surface area contributed by atoms with Crippen molar-refractivity contribution in [3.63, 3.8) is 0 Å². The molecule has 0 saturated heterocycles. The first-order valence-electron chi connectivity index (χ1n) is 11.0. The Morgan fingerprint density at radius 3 is 2.46 bits per heavy atom. The number of ether oxygens (including phenoxy) is 1. The van der Waals surface area contributed by atoms with Crippen molar-refractivity contribution in [2.75, 3.05) is 7.11 Å². The van der Waals surface area contributed by atoms with E-state index in [4.69, 9.17) is 27.1 Å². The summed E-state index contributed by atoms with van der Waals surface area (Å²) < 4.78 is 8.84. The molecule has 0 radical (unpaired) electrons. The summed E-state index contributed by atoms with van der Waals surface area (Å²) in [6, 6.07) is 18.7. The van der Waals surface area contributed by atoms with Crippen LogP contribution in [0.3, 0.4) is 0 Å². The van der Waals surface area contributed by atoms with E-state index in [2.05, 4.69) is 4.98 Å². The number of hydrogen-bond donors (Lipinski definition) is 1. The molecule has 0 amide bonds. The Labute approximate surface area is 207 Å². The minimum Gasteiger partial charge on any atom is -0.497 e. The van der Waals surface area contributed by atoms with Crippen molar-refractivity contribution in [3.8, 4) is 16.9 Å². The van der Waals surface area contributed by atoms with Crippen molar-refractivity contribution in [2.45, 2.75) is 5.54 Å². The van der Waals surface area contributed by atoms with Crippen LogP contribution >= 0.6 is 11.6 Å². The van der Waals surface area contributed by atoms with Gasteiger partial charge in [0.2, 0.25) is 0 Å². The van der Waals surface area contributed by atoms with Gasteiger partial charge < -0.3 is 15.0 Å². The third kappa shape index (κ3) is 3.79. The van der Waals surface area contributed by atoms with Gasteiger partial charge in [0.25, 0.3) is 5.56 Å². The zero-order valence-electron chi connectivity index (χ0n) is 19.6. The monoisotopic (exact) mass is 485 g/mol. The quantitative estimate of drug-likeness (QED) is 0.402. The standard InChI is InChI=1S/C27H24ClN5O2/c1-32-16-30-15-24(32)27(29,18-7-9-20(28)10-8-18)19-12-23-22(17-5-4-6-21(11-17)35-3)13-25(34)33(2)26(23)31-14-19/h4-16H,29H2,1-3H3. The highest BCUT2D eigenvalue weighted by Gasteiger charge is 2.35. The Bertz CT molecular complexity index is 1610. The summed E-state index contributed by atoms with van der Waals surface area (Å²) in [5, 5.41) is 1.41. The number of imidazole rings is 1. The molecule has 0 spiro atoms. The summed E-state index contributed by atoms with van der Waals surface area (Å²) >= 11 is 6.17. The number of fused-ring (bicyclic) bond motifs is 1. The van der Waals surface area contributed by atoms with Crippen LogP contribution in [-0.2, 0) is 19.6 Å². The van der Waals surface area contributed by atoms with Crippen molar-refractivity contribution in [1.82, 2.24) is 19.1 Å². The molecule has 0 saturated carbocycles. The van der Waals surface area contributed by atoms with Crippen molar-refractivity contribution in [3.05, 3.63) is 112 Å². The molecule has 2 N–H and O–H groups in total. The molecule has 0 aliphatic heterocycles. The highest BCUT2D eigenvalue weighted by Crippen LogP contribution is 2.37. The number of aromatic nitrogens is 4. The molecule has 0 fully saturated rings. The van der Waals surface area contributed by atoms with Gasteiger partial charge in [-0.25, -0.2) is 9.97 Å². The average molecular weight is 486 g/mol. The van der Waals surface area contributed by atoms with Crippen molar-refractivity contribution < 1.29 is 4.74 Å². The second-order valence-electron chi connectivity index (χ2n) is 8.49. The summed E-state index contributed by atoms with van der Waals surface area (Å²) in [7, 11) is 5.23. The molecule has 0 aliphatic carbocycles. The molecule has 5 rings (SSSR count). The number of hydrogen-bond acceptors (Lipinski definition) is 5. The fourth-order valence-electron chi connectivity index (χ4n) is 4.48. The molecule has 7 nitrogen and oxygen atoms in total. The molecule has 2 aromatic carbocycles. The van der Waals surface area contributed by atoms with E-state index in [-0.39, 0.29) is 5.56 Å². The number of nitrogens with two attached hydrogens (primary N) is 1. The fourth-order valence-corrected chi connectivity index (χ4v) is 4.61. The first-order valence-corrected chi connectivity index (χ1v) is 11.4. The largest absolute Gasteiger partial charge is 0.497 e. The van der Waals surface area contributed by atoms with Gasteiger partial charge in [-0.2, -0.15) is 0 Å². The highest BCUT2D eigenvalue weighted by atomic mass is 35.5. The molecule has 8 heteroatoms. The first-order chi connectivity index (χ1) is 16.8. The van der Waals surface area contributed by atoms with Gasteiger partial charge in [0.05, 0.1) is 25.3 Å². The normalized spacial score (nSPS) is 13.1. The summed E-state index contributed by atoms with van der Waals surface area (Å²) in [5.41, 5.74) is 10.5. The van der Waals surface area contributed by atoms with E-state index >= 15 is 0 Å². The van der Waals surface area contributed by atoms with Gasteiger partial charge in [0.1, 0.15) is 16.9 Å². The van der Waals surface area contributed by atoms with Crippen molar-refractivity contribution >= 4 is 22.6 Å². The van der Waals surface area contributed by atoms with E-state index in [1.165, 1.54) is 4.57 Å². The number of halogens is 1. The zero-order chi connectivity index (χ0) is 24.7. The van der Waals surface area contributed by atoms with Gasteiger partial charge >= 0.3 is 0 Å². The van der Waals surface area contributed by atoms with E-state index in [1.807, 2.05) is 66.2 Å². The summed E-state index contributed by atoms with van der Waals surface area (Å²) in [5.74, 6) is 0.699. The van der Waals surface area contributed by atoms with Crippen LogP contribution in [0.25, 0.3) is 22.2 Å². The van der Waals surface area contributed by atoms with Crippen LogP contribution in [0.1, 0.15) is 16.8 Å². The number of rotatable bonds is 5. The maximum absolute atomic E-state index is 12.8. The molecule has 0 aliphatic rings.